The van der Waals surface area contributed by atoms with E-state index in [1.807, 2.05) is 0 Å². The van der Waals surface area contributed by atoms with E-state index < -0.39 is 0 Å². The van der Waals surface area contributed by atoms with Crippen LogP contribution >= 0.6 is 0 Å². The van der Waals surface area contributed by atoms with Crippen LogP contribution in [0.4, 0.5) is 0 Å². The Morgan fingerprint density at radius 3 is 1.90 bits per heavy atom. The topological polar surface area (TPSA) is 26.3 Å². The summed E-state index contributed by atoms with van der Waals surface area (Å²) in [5.41, 5.74) is 2.54. The smallest absolute Gasteiger partial charge is 0.306 e. The van der Waals surface area contributed by atoms with Gasteiger partial charge in [-0.1, -0.05) is 175 Å². The van der Waals surface area contributed by atoms with Crippen LogP contribution < -0.4 is 0 Å². The molecule has 4 unspecified atom stereocenters. The molecule has 0 bridgehead atoms. The van der Waals surface area contributed by atoms with Gasteiger partial charge < -0.3 is 4.74 Å². The van der Waals surface area contributed by atoms with Gasteiger partial charge in [-0.05, 0) is 97.7 Å². The second kappa shape index (κ2) is 21.0. The fourth-order valence-corrected chi connectivity index (χ4v) is 12.0. The fraction of sp³-hybridized carbons (Fsp3) is 0.936. The number of carbonyl (C=O) groups excluding carboxylic acids is 1. The minimum Gasteiger partial charge on any atom is -0.462 e. The number of carbonyl (C=O) groups is 1. The summed E-state index contributed by atoms with van der Waals surface area (Å²) in [5, 5.41) is 0. The summed E-state index contributed by atoms with van der Waals surface area (Å²) in [6.45, 7) is 15.0. The molecule has 4 aliphatic carbocycles. The first-order valence-corrected chi connectivity index (χ1v) is 22.6. The molecular weight excluding hydrogens is 597 g/mol. The zero-order chi connectivity index (χ0) is 35.1. The van der Waals surface area contributed by atoms with Crippen LogP contribution in [-0.2, 0) is 9.53 Å². The van der Waals surface area contributed by atoms with Crippen molar-refractivity contribution in [3.63, 3.8) is 0 Å². The van der Waals surface area contributed by atoms with Crippen LogP contribution in [0.1, 0.15) is 228 Å². The number of esters is 1. The molecule has 0 heterocycles. The molecule has 0 N–H and O–H groups in total. The van der Waals surface area contributed by atoms with Gasteiger partial charge in [-0.25, -0.2) is 0 Å². The molecule has 0 aromatic carbocycles. The molecule has 3 fully saturated rings. The molecule has 2 nitrogen and oxygen atoms in total. The third-order valence-electron chi connectivity index (χ3n) is 15.0. The molecule has 0 aliphatic heterocycles. The Hall–Kier alpha value is -0.790. The van der Waals surface area contributed by atoms with Gasteiger partial charge in [0, 0.05) is 12.8 Å². The van der Waals surface area contributed by atoms with E-state index in [0.29, 0.717) is 17.3 Å². The van der Waals surface area contributed by atoms with Crippen molar-refractivity contribution in [1.29, 1.82) is 0 Å². The molecule has 4 aliphatic rings. The van der Waals surface area contributed by atoms with Crippen LogP contribution in [0.3, 0.4) is 0 Å². The molecule has 0 radical (unpaired) electrons. The minimum absolute atomic E-state index is 0.0665. The largest absolute Gasteiger partial charge is 0.462 e. The molecule has 8 atom stereocenters. The molecular formula is C47H84O2. The van der Waals surface area contributed by atoms with Crippen LogP contribution in [0.25, 0.3) is 0 Å². The summed E-state index contributed by atoms with van der Waals surface area (Å²) in [5.74, 6) is 5.34. The highest BCUT2D eigenvalue weighted by molar-refractivity contribution is 5.69. The van der Waals surface area contributed by atoms with Crippen molar-refractivity contribution < 1.29 is 9.53 Å². The van der Waals surface area contributed by atoms with Gasteiger partial charge in [0.15, 0.2) is 0 Å². The highest BCUT2D eigenvalue weighted by atomic mass is 16.5. The molecule has 0 saturated heterocycles. The summed E-state index contributed by atoms with van der Waals surface area (Å²) >= 11 is 0. The first-order valence-electron chi connectivity index (χ1n) is 22.6. The van der Waals surface area contributed by atoms with Gasteiger partial charge in [0.25, 0.3) is 0 Å². The number of ether oxygens (including phenoxy) is 1. The number of allylic oxidation sites excluding steroid dienone is 1. The van der Waals surface area contributed by atoms with Crippen LogP contribution in [0.15, 0.2) is 11.6 Å². The van der Waals surface area contributed by atoms with Crippen molar-refractivity contribution in [2.75, 3.05) is 0 Å². The summed E-state index contributed by atoms with van der Waals surface area (Å²) in [6, 6.07) is 0. The Labute approximate surface area is 306 Å². The molecule has 0 aromatic heterocycles. The number of hydrogen-bond acceptors (Lipinski definition) is 2. The normalized spacial score (nSPS) is 31.6. The number of hydrogen-bond donors (Lipinski definition) is 0. The highest BCUT2D eigenvalue weighted by Gasteiger charge is 2.59. The summed E-state index contributed by atoms with van der Waals surface area (Å²) in [4.78, 5) is 12.8. The van der Waals surface area contributed by atoms with Crippen molar-refractivity contribution in [2.45, 2.75) is 234 Å². The van der Waals surface area contributed by atoms with E-state index in [1.54, 1.807) is 5.57 Å². The monoisotopic (exact) mass is 681 g/mol. The van der Waals surface area contributed by atoms with Crippen LogP contribution in [0.2, 0.25) is 0 Å². The lowest BCUT2D eigenvalue weighted by atomic mass is 9.47. The second-order valence-electron chi connectivity index (χ2n) is 19.1. The molecule has 4 rings (SSSR count). The molecule has 284 valence electrons. The Morgan fingerprint density at radius 2 is 1.31 bits per heavy atom. The predicted molar refractivity (Wildman–Crippen MR) is 212 cm³/mol. The van der Waals surface area contributed by atoms with E-state index in [9.17, 15) is 4.79 Å². The van der Waals surface area contributed by atoms with E-state index in [0.717, 1.165) is 54.8 Å². The second-order valence-corrected chi connectivity index (χ2v) is 19.1. The average Bonchev–Trinajstić information content (AvgIpc) is 3.43. The Balaban J connectivity index is 1.07. The van der Waals surface area contributed by atoms with Gasteiger partial charge in [-0.2, -0.15) is 0 Å². The third kappa shape index (κ3) is 11.9. The van der Waals surface area contributed by atoms with E-state index >= 15 is 0 Å². The Morgan fingerprint density at radius 1 is 0.714 bits per heavy atom. The van der Waals surface area contributed by atoms with Gasteiger partial charge >= 0.3 is 5.97 Å². The first-order chi connectivity index (χ1) is 23.7. The van der Waals surface area contributed by atoms with Crippen molar-refractivity contribution in [3.05, 3.63) is 11.6 Å². The van der Waals surface area contributed by atoms with Crippen LogP contribution in [0, 0.1) is 46.3 Å². The lowest BCUT2D eigenvalue weighted by Crippen LogP contribution is -2.51. The Bertz CT molecular complexity index is 965. The van der Waals surface area contributed by atoms with E-state index in [4.69, 9.17) is 4.74 Å². The van der Waals surface area contributed by atoms with Crippen molar-refractivity contribution in [2.24, 2.45) is 46.3 Å². The standard InChI is InChI=1S/C47H84O2/c1-7-8-9-10-11-12-13-14-15-16-17-18-19-20-21-22-23-27-45(48)49-40-32-34-46(5)39(36-40)28-29-41-43-31-30-42(38(4)26-24-25-37(2)3)47(43,6)35-33-44(41)46/h28,37-38,40-44H,7-27,29-36H2,1-6H3/t38-,40?,41?,42-,43?,44?,46+,47-/m1/s1. The maximum atomic E-state index is 12.8. The lowest BCUT2D eigenvalue weighted by Gasteiger charge is -2.58. The van der Waals surface area contributed by atoms with E-state index in [-0.39, 0.29) is 12.1 Å². The summed E-state index contributed by atoms with van der Waals surface area (Å²) in [7, 11) is 0. The molecule has 0 amide bonds. The summed E-state index contributed by atoms with van der Waals surface area (Å²) in [6.07, 6.45) is 41.3. The zero-order valence-corrected chi connectivity index (χ0v) is 33.9. The van der Waals surface area contributed by atoms with Gasteiger partial charge in [0.2, 0.25) is 0 Å². The van der Waals surface area contributed by atoms with Gasteiger partial charge in [0.1, 0.15) is 6.10 Å². The fourth-order valence-electron chi connectivity index (χ4n) is 12.0. The maximum Gasteiger partial charge on any atom is 0.306 e. The average molecular weight is 681 g/mol. The molecule has 3 saturated carbocycles. The predicted octanol–water partition coefficient (Wildman–Crippen LogP) is 15.0. The number of fused-ring (bicyclic) bond motifs is 5. The number of unbranched alkanes of at least 4 members (excludes halogenated alkanes) is 16. The first kappa shape index (κ1) is 41.0. The maximum absolute atomic E-state index is 12.8. The number of rotatable bonds is 24. The minimum atomic E-state index is 0.0665. The van der Waals surface area contributed by atoms with Gasteiger partial charge in [-0.15, -0.1) is 0 Å². The molecule has 0 spiro atoms. The van der Waals surface area contributed by atoms with Gasteiger partial charge in [-0.3, -0.25) is 4.79 Å². The van der Waals surface area contributed by atoms with Crippen molar-refractivity contribution in [3.8, 4) is 0 Å². The lowest BCUT2D eigenvalue weighted by molar-refractivity contribution is -0.151. The molecule has 49 heavy (non-hydrogen) atoms. The molecule has 2 heteroatoms. The molecule has 0 aromatic rings. The van der Waals surface area contributed by atoms with Crippen LogP contribution in [-0.4, -0.2) is 12.1 Å². The van der Waals surface area contributed by atoms with E-state index in [1.165, 1.54) is 161 Å². The zero-order valence-electron chi connectivity index (χ0n) is 33.9. The third-order valence-corrected chi connectivity index (χ3v) is 15.0. The highest BCUT2D eigenvalue weighted by Crippen LogP contribution is 2.67. The van der Waals surface area contributed by atoms with E-state index in [2.05, 4.69) is 47.6 Å². The Kier molecular flexibility index (Phi) is 17.6. The SMILES string of the molecule is CCCCCCCCCCCCCCCCCCCC(=O)OC1CC[C@@]2(C)C(=CCC3C2CC[C@@]2(C)C3CC[C@@H]2[C@H](C)CCCC(C)C)C1. The summed E-state index contributed by atoms with van der Waals surface area (Å²) < 4.78 is 6.14. The van der Waals surface area contributed by atoms with Crippen LogP contribution in [0.5, 0.6) is 0 Å². The van der Waals surface area contributed by atoms with Crippen molar-refractivity contribution in [1.82, 2.24) is 0 Å². The van der Waals surface area contributed by atoms with Crippen molar-refractivity contribution >= 4 is 5.97 Å². The van der Waals surface area contributed by atoms with Gasteiger partial charge in [0.05, 0.1) is 0 Å². The quantitative estimate of drug-likeness (QED) is 0.0576.